The molecule has 3 aromatic rings. The van der Waals surface area contributed by atoms with Gasteiger partial charge >= 0.3 is 0 Å². The summed E-state index contributed by atoms with van der Waals surface area (Å²) in [4.78, 5) is 0. The maximum atomic E-state index is 8.98. The molecule has 0 unspecified atom stereocenters. The minimum atomic E-state index is 0.641. The van der Waals surface area contributed by atoms with Crippen molar-refractivity contribution in [1.82, 2.24) is 4.57 Å². The molecule has 1 aromatic heterocycles. The van der Waals surface area contributed by atoms with Crippen LogP contribution in [0.2, 0.25) is 0 Å². The predicted octanol–water partition coefficient (Wildman–Crippen LogP) is 4.79. The van der Waals surface area contributed by atoms with Crippen molar-refractivity contribution in [3.05, 3.63) is 48.0 Å². The zero-order valence-corrected chi connectivity index (χ0v) is 12.5. The number of benzene rings is 2. The third-order valence-corrected chi connectivity index (χ3v) is 4.08. The zero-order valence-electron chi connectivity index (χ0n) is 12.5. The van der Waals surface area contributed by atoms with Crippen molar-refractivity contribution >= 4 is 27.5 Å². The molecule has 0 aliphatic rings. The molecule has 0 spiro atoms. The molecule has 1 N–H and O–H groups in total. The topological polar surface area (TPSA) is 37.5 Å². The zero-order chi connectivity index (χ0) is 14.8. The maximum absolute atomic E-state index is 8.98. The van der Waals surface area contributed by atoms with Crippen LogP contribution >= 0.6 is 0 Å². The normalized spacial score (nSPS) is 12.4. The number of aryl methyl sites for hydroxylation is 1. The quantitative estimate of drug-likeness (QED) is 0.416. The van der Waals surface area contributed by atoms with Crippen molar-refractivity contribution in [1.29, 1.82) is 0 Å². The summed E-state index contributed by atoms with van der Waals surface area (Å²) in [5.74, 6) is 0. The highest BCUT2D eigenvalue weighted by Gasteiger charge is 2.11. The first kappa shape index (κ1) is 13.7. The molecule has 3 rings (SSSR count). The summed E-state index contributed by atoms with van der Waals surface area (Å²) in [5.41, 5.74) is 4.13. The molecule has 0 saturated carbocycles. The van der Waals surface area contributed by atoms with Gasteiger partial charge in [-0.2, -0.15) is 0 Å². The molecule has 0 radical (unpaired) electrons. The largest absolute Gasteiger partial charge is 0.411 e. The third kappa shape index (κ3) is 2.29. The highest BCUT2D eigenvalue weighted by molar-refractivity contribution is 6.11. The number of aromatic nitrogens is 1. The van der Waals surface area contributed by atoms with Crippen LogP contribution in [-0.4, -0.2) is 15.5 Å². The van der Waals surface area contributed by atoms with Crippen LogP contribution in [-0.2, 0) is 6.54 Å². The van der Waals surface area contributed by atoms with Gasteiger partial charge in [0, 0.05) is 28.4 Å². The molecule has 0 aliphatic carbocycles. The van der Waals surface area contributed by atoms with E-state index in [2.05, 4.69) is 53.0 Å². The molecule has 1 heterocycles. The van der Waals surface area contributed by atoms with Gasteiger partial charge in [0.15, 0.2) is 0 Å². The monoisotopic (exact) mass is 280 g/mol. The number of rotatable bonds is 4. The van der Waals surface area contributed by atoms with E-state index in [1.165, 1.54) is 34.6 Å². The van der Waals surface area contributed by atoms with Crippen LogP contribution in [0.25, 0.3) is 21.8 Å². The van der Waals surface area contributed by atoms with Crippen molar-refractivity contribution in [2.75, 3.05) is 0 Å². The fourth-order valence-corrected chi connectivity index (χ4v) is 2.89. The van der Waals surface area contributed by atoms with E-state index in [1.807, 2.05) is 13.0 Å². The van der Waals surface area contributed by atoms with Crippen LogP contribution in [0.1, 0.15) is 32.3 Å². The lowest BCUT2D eigenvalue weighted by Gasteiger charge is -2.06. The number of para-hydroxylation sites is 1. The Hall–Kier alpha value is -2.29. The fraction of sp³-hybridized carbons (Fsp3) is 0.278. The van der Waals surface area contributed by atoms with Crippen molar-refractivity contribution in [3.63, 3.8) is 0 Å². The van der Waals surface area contributed by atoms with E-state index in [0.717, 1.165) is 12.1 Å². The van der Waals surface area contributed by atoms with Gasteiger partial charge in [-0.1, -0.05) is 42.8 Å². The highest BCUT2D eigenvalue weighted by atomic mass is 16.4. The van der Waals surface area contributed by atoms with Gasteiger partial charge in [-0.3, -0.25) is 0 Å². The van der Waals surface area contributed by atoms with Crippen LogP contribution in [0.3, 0.4) is 0 Å². The van der Waals surface area contributed by atoms with Crippen LogP contribution in [0.4, 0.5) is 0 Å². The summed E-state index contributed by atoms with van der Waals surface area (Å²) in [6.07, 6.45) is 2.36. The molecular weight excluding hydrogens is 260 g/mol. The molecule has 2 aromatic carbocycles. The van der Waals surface area contributed by atoms with E-state index < -0.39 is 0 Å². The first-order valence-corrected chi connectivity index (χ1v) is 7.46. The smallest absolute Gasteiger partial charge is 0.0837 e. The van der Waals surface area contributed by atoms with Crippen molar-refractivity contribution in [2.45, 2.75) is 33.2 Å². The molecule has 108 valence electrons. The highest BCUT2D eigenvalue weighted by Crippen LogP contribution is 2.30. The molecule has 0 atom stereocenters. The minimum Gasteiger partial charge on any atom is -0.411 e. The molecular formula is C18H20N2O. The summed E-state index contributed by atoms with van der Waals surface area (Å²) in [7, 11) is 0. The molecule has 0 bridgehead atoms. The van der Waals surface area contributed by atoms with Gasteiger partial charge in [0.05, 0.1) is 5.71 Å². The Kier molecular flexibility index (Phi) is 3.65. The van der Waals surface area contributed by atoms with Gasteiger partial charge < -0.3 is 9.77 Å². The second kappa shape index (κ2) is 5.60. The number of hydrogen-bond donors (Lipinski definition) is 1. The SMILES string of the molecule is CCCCn1c2ccccc2c2cc(C(C)=NO)ccc21. The second-order valence-corrected chi connectivity index (χ2v) is 5.44. The maximum Gasteiger partial charge on any atom is 0.0837 e. The molecule has 3 nitrogen and oxygen atoms in total. The Bertz CT molecular complexity index is 815. The van der Waals surface area contributed by atoms with E-state index in [1.54, 1.807) is 0 Å². The van der Waals surface area contributed by atoms with Crippen LogP contribution in [0.5, 0.6) is 0 Å². The molecule has 0 amide bonds. The van der Waals surface area contributed by atoms with E-state index in [9.17, 15) is 0 Å². The fourth-order valence-electron chi connectivity index (χ4n) is 2.89. The standard InChI is InChI=1S/C18H20N2O/c1-3-4-11-20-17-8-6-5-7-15(17)16-12-14(13(2)19-21)9-10-18(16)20/h5-10,12,21H,3-4,11H2,1-2H3. The van der Waals surface area contributed by atoms with Crippen molar-refractivity contribution in [3.8, 4) is 0 Å². The number of nitrogens with zero attached hydrogens (tertiary/aromatic N) is 2. The first-order valence-electron chi connectivity index (χ1n) is 7.46. The van der Waals surface area contributed by atoms with E-state index in [4.69, 9.17) is 5.21 Å². The van der Waals surface area contributed by atoms with E-state index >= 15 is 0 Å². The molecule has 3 heteroatoms. The number of unbranched alkanes of at least 4 members (excludes halogenated alkanes) is 1. The van der Waals surface area contributed by atoms with Crippen LogP contribution in [0, 0.1) is 0 Å². The van der Waals surface area contributed by atoms with Gasteiger partial charge in [0.2, 0.25) is 0 Å². The Morgan fingerprint density at radius 3 is 2.62 bits per heavy atom. The lowest BCUT2D eigenvalue weighted by Crippen LogP contribution is -1.98. The number of fused-ring (bicyclic) bond motifs is 3. The van der Waals surface area contributed by atoms with E-state index in [-0.39, 0.29) is 0 Å². The van der Waals surface area contributed by atoms with Crippen LogP contribution in [0.15, 0.2) is 47.6 Å². The average molecular weight is 280 g/mol. The van der Waals surface area contributed by atoms with Gasteiger partial charge in [0.1, 0.15) is 0 Å². The lowest BCUT2D eigenvalue weighted by atomic mass is 10.1. The molecule has 21 heavy (non-hydrogen) atoms. The van der Waals surface area contributed by atoms with Gasteiger partial charge in [-0.15, -0.1) is 0 Å². The summed E-state index contributed by atoms with van der Waals surface area (Å²) < 4.78 is 2.39. The summed E-state index contributed by atoms with van der Waals surface area (Å²) in [5, 5.41) is 14.8. The van der Waals surface area contributed by atoms with Gasteiger partial charge in [-0.05, 0) is 37.1 Å². The summed E-state index contributed by atoms with van der Waals surface area (Å²) in [6.45, 7) is 5.07. The van der Waals surface area contributed by atoms with Gasteiger partial charge in [-0.25, -0.2) is 0 Å². The first-order chi connectivity index (χ1) is 10.3. The molecule has 0 saturated heterocycles. The molecule has 0 aliphatic heterocycles. The average Bonchev–Trinajstić information content (AvgIpc) is 2.85. The van der Waals surface area contributed by atoms with Crippen molar-refractivity contribution in [2.24, 2.45) is 5.16 Å². The van der Waals surface area contributed by atoms with Crippen molar-refractivity contribution < 1.29 is 5.21 Å². The second-order valence-electron chi connectivity index (χ2n) is 5.44. The Morgan fingerprint density at radius 2 is 1.86 bits per heavy atom. The number of hydrogen-bond acceptors (Lipinski definition) is 2. The number of oxime groups is 1. The van der Waals surface area contributed by atoms with Gasteiger partial charge in [0.25, 0.3) is 0 Å². The summed E-state index contributed by atoms with van der Waals surface area (Å²) in [6, 6.07) is 14.8. The minimum absolute atomic E-state index is 0.641. The third-order valence-electron chi connectivity index (χ3n) is 4.08. The Morgan fingerprint density at radius 1 is 1.10 bits per heavy atom. The Balaban J connectivity index is 2.29. The lowest BCUT2D eigenvalue weighted by molar-refractivity contribution is 0.319. The predicted molar refractivity (Wildman–Crippen MR) is 88.3 cm³/mol. The Labute approximate surface area is 124 Å². The summed E-state index contributed by atoms with van der Waals surface area (Å²) >= 11 is 0. The van der Waals surface area contributed by atoms with E-state index in [0.29, 0.717) is 5.71 Å². The van der Waals surface area contributed by atoms with Crippen LogP contribution < -0.4 is 0 Å². The molecule has 0 fully saturated rings.